The minimum atomic E-state index is -0.999. The summed E-state index contributed by atoms with van der Waals surface area (Å²) in [5.74, 6) is -0.393. The normalized spacial score (nSPS) is 14.4. The standard InChI is InChI=1S/C11H18ClN3O2/c1-4-17-10(16)11(3,13)5-6-15-8(2)9(12)7-14-15/h7H,4-6,13H2,1-3H3. The second-order valence-corrected chi connectivity index (χ2v) is 4.60. The van der Waals surface area contributed by atoms with Gasteiger partial charge >= 0.3 is 5.97 Å². The lowest BCUT2D eigenvalue weighted by atomic mass is 10.00. The SMILES string of the molecule is CCOC(=O)C(C)(N)CCn1ncc(Cl)c1C. The average molecular weight is 260 g/mol. The van der Waals surface area contributed by atoms with Crippen LogP contribution in [0.25, 0.3) is 0 Å². The second kappa shape index (κ2) is 5.51. The number of halogens is 1. The van der Waals surface area contributed by atoms with Crippen molar-refractivity contribution in [1.29, 1.82) is 0 Å². The van der Waals surface area contributed by atoms with Crippen LogP contribution in [0.1, 0.15) is 26.0 Å². The molecule has 1 rings (SSSR count). The molecule has 17 heavy (non-hydrogen) atoms. The van der Waals surface area contributed by atoms with E-state index in [4.69, 9.17) is 22.1 Å². The molecule has 1 aromatic heterocycles. The second-order valence-electron chi connectivity index (χ2n) is 4.19. The van der Waals surface area contributed by atoms with Crippen molar-refractivity contribution in [3.63, 3.8) is 0 Å². The lowest BCUT2D eigenvalue weighted by Gasteiger charge is -2.22. The zero-order valence-corrected chi connectivity index (χ0v) is 11.1. The van der Waals surface area contributed by atoms with Crippen LogP contribution in [0.2, 0.25) is 5.02 Å². The van der Waals surface area contributed by atoms with Crippen LogP contribution in [0.4, 0.5) is 0 Å². The summed E-state index contributed by atoms with van der Waals surface area (Å²) in [6.45, 7) is 6.15. The molecule has 1 unspecified atom stereocenters. The van der Waals surface area contributed by atoms with Gasteiger partial charge in [-0.15, -0.1) is 0 Å². The van der Waals surface area contributed by atoms with Gasteiger partial charge in [-0.1, -0.05) is 11.6 Å². The molecule has 0 amide bonds. The number of carbonyl (C=O) groups excluding carboxylic acids is 1. The van der Waals surface area contributed by atoms with Crippen molar-refractivity contribution >= 4 is 17.6 Å². The van der Waals surface area contributed by atoms with E-state index in [0.717, 1.165) is 5.69 Å². The van der Waals surface area contributed by atoms with Gasteiger partial charge in [-0.25, -0.2) is 0 Å². The van der Waals surface area contributed by atoms with E-state index in [1.807, 2.05) is 6.92 Å². The summed E-state index contributed by atoms with van der Waals surface area (Å²) in [5, 5.41) is 4.71. The maximum absolute atomic E-state index is 11.6. The summed E-state index contributed by atoms with van der Waals surface area (Å²) in [4.78, 5) is 11.6. The van der Waals surface area contributed by atoms with Crippen LogP contribution in [0, 0.1) is 6.92 Å². The highest BCUT2D eigenvalue weighted by molar-refractivity contribution is 6.31. The fourth-order valence-electron chi connectivity index (χ4n) is 1.39. The lowest BCUT2D eigenvalue weighted by Crippen LogP contribution is -2.47. The van der Waals surface area contributed by atoms with Crippen LogP contribution in [0.15, 0.2) is 6.20 Å². The van der Waals surface area contributed by atoms with Gasteiger partial charge in [0, 0.05) is 6.54 Å². The van der Waals surface area contributed by atoms with Gasteiger partial charge in [0.1, 0.15) is 5.54 Å². The highest BCUT2D eigenvalue weighted by Gasteiger charge is 2.29. The molecule has 6 heteroatoms. The van der Waals surface area contributed by atoms with E-state index in [9.17, 15) is 4.79 Å². The molecule has 5 nitrogen and oxygen atoms in total. The lowest BCUT2D eigenvalue weighted by molar-refractivity contribution is -0.149. The number of rotatable bonds is 5. The molecule has 0 spiro atoms. The predicted molar refractivity (Wildman–Crippen MR) is 65.8 cm³/mol. The topological polar surface area (TPSA) is 70.1 Å². The first kappa shape index (κ1) is 14.0. The van der Waals surface area contributed by atoms with Crippen LogP contribution < -0.4 is 5.73 Å². The van der Waals surface area contributed by atoms with Crippen LogP contribution >= 0.6 is 11.6 Å². The molecule has 0 fully saturated rings. The first-order chi connectivity index (χ1) is 7.88. The van der Waals surface area contributed by atoms with Crippen molar-refractivity contribution in [3.8, 4) is 0 Å². The van der Waals surface area contributed by atoms with Gasteiger partial charge in [0.05, 0.1) is 23.5 Å². The van der Waals surface area contributed by atoms with Gasteiger partial charge in [-0.2, -0.15) is 5.10 Å². The zero-order chi connectivity index (χ0) is 13.1. The molecule has 1 heterocycles. The third-order valence-corrected chi connectivity index (χ3v) is 3.00. The quantitative estimate of drug-likeness (QED) is 0.814. The summed E-state index contributed by atoms with van der Waals surface area (Å²) in [7, 11) is 0. The minimum Gasteiger partial charge on any atom is -0.465 e. The molecule has 0 aliphatic heterocycles. The number of carbonyl (C=O) groups is 1. The van der Waals surface area contributed by atoms with Crippen molar-refractivity contribution in [2.75, 3.05) is 6.61 Å². The van der Waals surface area contributed by atoms with Gasteiger partial charge in [-0.05, 0) is 27.2 Å². The van der Waals surface area contributed by atoms with Crippen LogP contribution in [0.3, 0.4) is 0 Å². The Bertz CT molecular complexity index is 401. The third-order valence-electron chi connectivity index (χ3n) is 2.63. The Morgan fingerprint density at radius 1 is 1.71 bits per heavy atom. The van der Waals surface area contributed by atoms with Gasteiger partial charge in [0.25, 0.3) is 0 Å². The Morgan fingerprint density at radius 2 is 2.35 bits per heavy atom. The fourth-order valence-corrected chi connectivity index (χ4v) is 1.53. The van der Waals surface area contributed by atoms with Crippen LogP contribution in [-0.4, -0.2) is 27.9 Å². The fraction of sp³-hybridized carbons (Fsp3) is 0.636. The average Bonchev–Trinajstić information content (AvgIpc) is 2.58. The first-order valence-corrected chi connectivity index (χ1v) is 5.90. The van der Waals surface area contributed by atoms with Gasteiger partial charge in [-0.3, -0.25) is 9.48 Å². The smallest absolute Gasteiger partial charge is 0.325 e. The highest BCUT2D eigenvalue weighted by Crippen LogP contribution is 2.16. The van der Waals surface area contributed by atoms with E-state index in [-0.39, 0.29) is 0 Å². The van der Waals surface area contributed by atoms with Gasteiger partial charge < -0.3 is 10.5 Å². The number of nitrogens with zero attached hydrogens (tertiary/aromatic N) is 2. The molecule has 96 valence electrons. The maximum atomic E-state index is 11.6. The van der Waals surface area contributed by atoms with Crippen molar-refractivity contribution in [3.05, 3.63) is 16.9 Å². The van der Waals surface area contributed by atoms with Crippen molar-refractivity contribution in [1.82, 2.24) is 9.78 Å². The Hall–Kier alpha value is -1.07. The monoisotopic (exact) mass is 259 g/mol. The molecular weight excluding hydrogens is 242 g/mol. The summed E-state index contributed by atoms with van der Waals surface area (Å²) in [5.41, 5.74) is 5.77. The minimum absolute atomic E-state index is 0.332. The Labute approximate surface area is 106 Å². The van der Waals surface area contributed by atoms with E-state index in [1.165, 1.54) is 0 Å². The predicted octanol–water partition coefficient (Wildman–Crippen LogP) is 1.52. The zero-order valence-electron chi connectivity index (χ0n) is 10.4. The molecule has 0 saturated heterocycles. The van der Waals surface area contributed by atoms with E-state index in [2.05, 4.69) is 5.10 Å². The number of ether oxygens (including phenoxy) is 1. The summed E-state index contributed by atoms with van der Waals surface area (Å²) in [6, 6.07) is 0. The van der Waals surface area contributed by atoms with Crippen LogP contribution in [0.5, 0.6) is 0 Å². The maximum Gasteiger partial charge on any atom is 0.325 e. The number of esters is 1. The number of hydrogen-bond donors (Lipinski definition) is 1. The number of hydrogen-bond acceptors (Lipinski definition) is 4. The molecule has 0 aliphatic rings. The highest BCUT2D eigenvalue weighted by atomic mass is 35.5. The molecule has 2 N–H and O–H groups in total. The Balaban J connectivity index is 2.61. The third kappa shape index (κ3) is 3.44. The summed E-state index contributed by atoms with van der Waals surface area (Å²) >= 11 is 5.89. The number of aryl methyl sites for hydroxylation is 1. The largest absolute Gasteiger partial charge is 0.465 e. The van der Waals surface area contributed by atoms with Gasteiger partial charge in [0.2, 0.25) is 0 Å². The van der Waals surface area contributed by atoms with Gasteiger partial charge in [0.15, 0.2) is 0 Å². The van der Waals surface area contributed by atoms with E-state index >= 15 is 0 Å². The number of aromatic nitrogens is 2. The molecule has 1 aromatic rings. The summed E-state index contributed by atoms with van der Waals surface area (Å²) < 4.78 is 6.64. The first-order valence-electron chi connectivity index (χ1n) is 5.52. The Morgan fingerprint density at radius 3 is 2.82 bits per heavy atom. The van der Waals surface area contributed by atoms with E-state index in [0.29, 0.717) is 24.6 Å². The molecule has 0 aliphatic carbocycles. The molecule has 0 saturated carbocycles. The number of nitrogens with two attached hydrogens (primary N) is 1. The van der Waals surface area contributed by atoms with Crippen LogP contribution in [-0.2, 0) is 16.1 Å². The summed E-state index contributed by atoms with van der Waals surface area (Å²) in [6.07, 6.45) is 2.03. The molecule has 0 radical (unpaired) electrons. The van der Waals surface area contributed by atoms with Crippen molar-refractivity contribution in [2.24, 2.45) is 5.73 Å². The van der Waals surface area contributed by atoms with E-state index < -0.39 is 11.5 Å². The molecule has 0 aromatic carbocycles. The molecular formula is C11H18ClN3O2. The van der Waals surface area contributed by atoms with Crippen molar-refractivity contribution < 1.29 is 9.53 Å². The van der Waals surface area contributed by atoms with Crippen molar-refractivity contribution in [2.45, 2.75) is 39.3 Å². The molecule has 1 atom stereocenters. The van der Waals surface area contributed by atoms with E-state index in [1.54, 1.807) is 24.7 Å². The molecule has 0 bridgehead atoms. The Kier molecular flexibility index (Phi) is 4.54.